The first-order valence-corrected chi connectivity index (χ1v) is 11.8. The van der Waals surface area contributed by atoms with E-state index in [-0.39, 0.29) is 16.7 Å². The Hall–Kier alpha value is -1.53. The molecule has 0 aliphatic carbocycles. The highest BCUT2D eigenvalue weighted by atomic mass is 35.5. The summed E-state index contributed by atoms with van der Waals surface area (Å²) >= 11 is 18.9. The van der Waals surface area contributed by atoms with Crippen molar-refractivity contribution in [2.45, 2.75) is 52.4 Å². The van der Waals surface area contributed by atoms with Crippen molar-refractivity contribution in [2.75, 3.05) is 4.90 Å². The van der Waals surface area contributed by atoms with Crippen LogP contribution in [0.2, 0.25) is 10.0 Å². The molecular weight excluding hydrogens is 469 g/mol. The van der Waals surface area contributed by atoms with Crippen molar-refractivity contribution in [3.8, 4) is 5.75 Å². The van der Waals surface area contributed by atoms with Gasteiger partial charge in [0.2, 0.25) is 0 Å². The third-order valence-corrected chi connectivity index (χ3v) is 7.04. The molecule has 1 saturated heterocycles. The number of phenolic OH excluding ortho intramolecular Hbond substituents is 1. The molecule has 1 aliphatic rings. The number of halogens is 2. The molecule has 1 heterocycles. The second-order valence-electron chi connectivity index (χ2n) is 9.58. The Balaban J connectivity index is 2.08. The summed E-state index contributed by atoms with van der Waals surface area (Å²) in [4.78, 5) is 15.1. The smallest absolute Gasteiger partial charge is 0.270 e. The van der Waals surface area contributed by atoms with Gasteiger partial charge in [0, 0.05) is 11.1 Å². The van der Waals surface area contributed by atoms with Gasteiger partial charge in [0.25, 0.3) is 5.91 Å². The van der Waals surface area contributed by atoms with Crippen molar-refractivity contribution in [2.24, 2.45) is 0 Å². The SMILES string of the molecule is CC(C)(C)c1cc(/C=C2\SC(=S)N(c3ccc(Cl)c(Cl)c3)C2=O)cc(C(C)(C)C)c1O. The van der Waals surface area contributed by atoms with Crippen LogP contribution >= 0.6 is 47.2 Å². The van der Waals surface area contributed by atoms with Gasteiger partial charge in [-0.25, -0.2) is 0 Å². The largest absolute Gasteiger partial charge is 0.507 e. The van der Waals surface area contributed by atoms with Gasteiger partial charge in [0.1, 0.15) is 5.75 Å². The van der Waals surface area contributed by atoms with Crippen LogP contribution in [-0.4, -0.2) is 15.3 Å². The topological polar surface area (TPSA) is 40.5 Å². The lowest BCUT2D eigenvalue weighted by atomic mass is 9.78. The zero-order valence-corrected chi connectivity index (χ0v) is 21.5. The number of hydrogen-bond donors (Lipinski definition) is 1. The molecule has 7 heteroatoms. The van der Waals surface area contributed by atoms with Crippen LogP contribution in [0.1, 0.15) is 58.2 Å². The predicted octanol–water partition coefficient (Wildman–Crippen LogP) is 7.70. The number of carbonyl (C=O) groups excluding carboxylic acids is 1. The third-order valence-electron chi connectivity index (χ3n) is 5.00. The summed E-state index contributed by atoms with van der Waals surface area (Å²) in [6.45, 7) is 12.3. The molecule has 3 nitrogen and oxygen atoms in total. The Morgan fingerprint density at radius 1 is 0.968 bits per heavy atom. The normalized spacial score (nSPS) is 16.5. The minimum absolute atomic E-state index is 0.212. The molecular formula is C24H25Cl2NO2S2. The number of carbonyl (C=O) groups is 1. The van der Waals surface area contributed by atoms with Crippen LogP contribution in [0.3, 0.4) is 0 Å². The van der Waals surface area contributed by atoms with E-state index < -0.39 is 0 Å². The molecule has 1 amide bonds. The lowest BCUT2D eigenvalue weighted by Crippen LogP contribution is -2.27. The fraction of sp³-hybridized carbons (Fsp3) is 0.333. The maximum Gasteiger partial charge on any atom is 0.270 e. The monoisotopic (exact) mass is 493 g/mol. The molecule has 0 atom stereocenters. The molecule has 0 bridgehead atoms. The Morgan fingerprint density at radius 3 is 2.00 bits per heavy atom. The van der Waals surface area contributed by atoms with Crippen molar-refractivity contribution in [3.05, 3.63) is 62.0 Å². The van der Waals surface area contributed by atoms with E-state index in [2.05, 4.69) is 41.5 Å². The van der Waals surface area contributed by atoms with Crippen molar-refractivity contribution in [1.82, 2.24) is 0 Å². The van der Waals surface area contributed by atoms with Gasteiger partial charge in [0.15, 0.2) is 4.32 Å². The standard InChI is InChI=1S/C24H25Cl2NO2S2/c1-23(2,3)15-9-13(10-16(20(15)28)24(4,5)6)11-19-21(29)27(22(30)31-19)14-7-8-17(25)18(26)12-14/h7-12,28H,1-6H3/b19-11-. The molecule has 2 aromatic rings. The highest BCUT2D eigenvalue weighted by molar-refractivity contribution is 8.27. The first-order chi connectivity index (χ1) is 14.2. The highest BCUT2D eigenvalue weighted by Gasteiger charge is 2.34. The lowest BCUT2D eigenvalue weighted by molar-refractivity contribution is -0.113. The molecule has 1 fully saturated rings. The fourth-order valence-corrected chi connectivity index (χ4v) is 4.94. The zero-order valence-electron chi connectivity index (χ0n) is 18.3. The molecule has 3 rings (SSSR count). The fourth-order valence-electron chi connectivity index (χ4n) is 3.35. The number of thiocarbonyl (C=S) groups is 1. The average Bonchev–Trinajstić information content (AvgIpc) is 2.90. The van der Waals surface area contributed by atoms with E-state index in [1.54, 1.807) is 18.2 Å². The Kier molecular flexibility index (Phi) is 6.56. The number of aromatic hydroxyl groups is 1. The number of hydrogen-bond acceptors (Lipinski definition) is 4. The van der Waals surface area contributed by atoms with Crippen LogP contribution in [-0.2, 0) is 15.6 Å². The number of thioether (sulfide) groups is 1. The van der Waals surface area contributed by atoms with Gasteiger partial charge in [-0.3, -0.25) is 9.69 Å². The Bertz CT molecular complexity index is 1080. The Morgan fingerprint density at radius 2 is 1.52 bits per heavy atom. The van der Waals surface area contributed by atoms with Crippen LogP contribution < -0.4 is 4.90 Å². The van der Waals surface area contributed by atoms with Crippen molar-refractivity contribution in [1.29, 1.82) is 0 Å². The molecule has 0 saturated carbocycles. The van der Waals surface area contributed by atoms with Crippen LogP contribution in [0.4, 0.5) is 5.69 Å². The van der Waals surface area contributed by atoms with Crippen LogP contribution in [0, 0.1) is 0 Å². The second-order valence-corrected chi connectivity index (χ2v) is 12.1. The van der Waals surface area contributed by atoms with Crippen LogP contribution in [0.5, 0.6) is 5.75 Å². The molecule has 0 spiro atoms. The molecule has 164 valence electrons. The summed E-state index contributed by atoms with van der Waals surface area (Å²) < 4.78 is 0.431. The summed E-state index contributed by atoms with van der Waals surface area (Å²) in [5.74, 6) is 0.0941. The maximum absolute atomic E-state index is 13.2. The highest BCUT2D eigenvalue weighted by Crippen LogP contribution is 2.42. The van der Waals surface area contributed by atoms with Gasteiger partial charge < -0.3 is 5.11 Å². The summed E-state index contributed by atoms with van der Waals surface area (Å²) in [6, 6.07) is 8.88. The molecule has 1 aliphatic heterocycles. The zero-order chi connectivity index (χ0) is 23.3. The summed E-state index contributed by atoms with van der Waals surface area (Å²) in [7, 11) is 0. The summed E-state index contributed by atoms with van der Waals surface area (Å²) in [5, 5.41) is 11.7. The molecule has 31 heavy (non-hydrogen) atoms. The van der Waals surface area contributed by atoms with Crippen molar-refractivity contribution >= 4 is 69.2 Å². The first kappa shape index (κ1) is 24.1. The number of anilines is 1. The lowest BCUT2D eigenvalue weighted by Gasteiger charge is -2.28. The van der Waals surface area contributed by atoms with Crippen LogP contribution in [0.25, 0.3) is 6.08 Å². The van der Waals surface area contributed by atoms with Crippen molar-refractivity contribution in [3.63, 3.8) is 0 Å². The molecule has 0 aromatic heterocycles. The van der Waals surface area contributed by atoms with Crippen molar-refractivity contribution < 1.29 is 9.90 Å². The Labute approximate surface area is 203 Å². The molecule has 0 unspecified atom stereocenters. The van der Waals surface area contributed by atoms with E-state index in [4.69, 9.17) is 35.4 Å². The third kappa shape index (κ3) is 4.95. The van der Waals surface area contributed by atoms with Gasteiger partial charge in [-0.05, 0) is 52.8 Å². The van der Waals surface area contributed by atoms with Gasteiger partial charge in [-0.1, -0.05) is 88.7 Å². The number of phenols is 1. The van der Waals surface area contributed by atoms with Gasteiger partial charge in [-0.2, -0.15) is 0 Å². The second kappa shape index (κ2) is 8.43. The minimum Gasteiger partial charge on any atom is -0.507 e. The van der Waals surface area contributed by atoms with E-state index >= 15 is 0 Å². The average molecular weight is 495 g/mol. The number of amides is 1. The first-order valence-electron chi connectivity index (χ1n) is 9.81. The van der Waals surface area contributed by atoms with E-state index in [1.165, 1.54) is 16.7 Å². The van der Waals surface area contributed by atoms with E-state index in [9.17, 15) is 9.90 Å². The summed E-state index contributed by atoms with van der Waals surface area (Å²) in [6.07, 6.45) is 1.83. The number of nitrogens with zero attached hydrogens (tertiary/aromatic N) is 1. The predicted molar refractivity (Wildman–Crippen MR) is 138 cm³/mol. The van der Waals surface area contributed by atoms with Gasteiger partial charge in [-0.15, -0.1) is 0 Å². The van der Waals surface area contributed by atoms with E-state index in [1.807, 2.05) is 18.2 Å². The maximum atomic E-state index is 13.2. The van der Waals surface area contributed by atoms with Crippen LogP contribution in [0.15, 0.2) is 35.2 Å². The molecule has 0 radical (unpaired) electrons. The van der Waals surface area contributed by atoms with E-state index in [0.717, 1.165) is 16.7 Å². The molecule has 2 aromatic carbocycles. The number of rotatable bonds is 2. The molecule has 1 N–H and O–H groups in total. The van der Waals surface area contributed by atoms with E-state index in [0.29, 0.717) is 30.7 Å². The van der Waals surface area contributed by atoms with Gasteiger partial charge in [0.05, 0.1) is 20.6 Å². The minimum atomic E-state index is -0.257. The van der Waals surface area contributed by atoms with Gasteiger partial charge >= 0.3 is 0 Å². The summed E-state index contributed by atoms with van der Waals surface area (Å²) in [5.41, 5.74) is 2.59. The number of benzene rings is 2. The quantitative estimate of drug-likeness (QED) is 0.343.